The van der Waals surface area contributed by atoms with E-state index in [4.69, 9.17) is 11.6 Å². The lowest BCUT2D eigenvalue weighted by Gasteiger charge is -2.08. The van der Waals surface area contributed by atoms with Crippen LogP contribution in [0.3, 0.4) is 0 Å². The van der Waals surface area contributed by atoms with E-state index in [0.717, 1.165) is 12.8 Å². The number of hydrogen-bond donors (Lipinski definition) is 1. The average Bonchev–Trinajstić information content (AvgIpc) is 2.59. The van der Waals surface area contributed by atoms with E-state index in [1.165, 1.54) is 70.3 Å². The van der Waals surface area contributed by atoms with Gasteiger partial charge < -0.3 is 0 Å². The van der Waals surface area contributed by atoms with Crippen molar-refractivity contribution in [3.63, 3.8) is 0 Å². The van der Waals surface area contributed by atoms with Gasteiger partial charge in [0.05, 0.1) is 5.02 Å². The SMILES string of the molecule is CCCCCCCCCCCCCCNS(=O)(=O)c1ccccc1Cl. The monoisotopic (exact) mass is 387 g/mol. The molecule has 0 atom stereocenters. The summed E-state index contributed by atoms with van der Waals surface area (Å²) in [4.78, 5) is 0.163. The van der Waals surface area contributed by atoms with E-state index in [0.29, 0.717) is 6.54 Å². The lowest BCUT2D eigenvalue weighted by Crippen LogP contribution is -2.25. The molecule has 0 spiro atoms. The minimum Gasteiger partial charge on any atom is -0.211 e. The quantitative estimate of drug-likeness (QED) is 0.358. The summed E-state index contributed by atoms with van der Waals surface area (Å²) in [6.07, 6.45) is 15.2. The molecule has 0 bridgehead atoms. The highest BCUT2D eigenvalue weighted by Crippen LogP contribution is 2.20. The van der Waals surface area contributed by atoms with E-state index in [1.54, 1.807) is 18.2 Å². The Morgan fingerprint density at radius 2 is 1.28 bits per heavy atom. The summed E-state index contributed by atoms with van der Waals surface area (Å²) < 4.78 is 27.0. The van der Waals surface area contributed by atoms with Crippen molar-refractivity contribution in [2.45, 2.75) is 88.9 Å². The molecule has 0 saturated heterocycles. The molecule has 0 heterocycles. The van der Waals surface area contributed by atoms with Gasteiger partial charge in [-0.3, -0.25) is 0 Å². The van der Waals surface area contributed by atoms with Crippen LogP contribution in [0.15, 0.2) is 29.2 Å². The van der Waals surface area contributed by atoms with Gasteiger partial charge in [-0.1, -0.05) is 101 Å². The topological polar surface area (TPSA) is 46.2 Å². The molecule has 1 aromatic carbocycles. The van der Waals surface area contributed by atoms with Crippen LogP contribution in [-0.2, 0) is 10.0 Å². The third-order valence-corrected chi connectivity index (χ3v) is 6.41. The summed E-state index contributed by atoms with van der Waals surface area (Å²) in [5.41, 5.74) is 0. The van der Waals surface area contributed by atoms with E-state index in [1.807, 2.05) is 0 Å². The second-order valence-electron chi connectivity index (χ2n) is 6.72. The molecule has 0 radical (unpaired) electrons. The van der Waals surface area contributed by atoms with Crippen molar-refractivity contribution in [3.8, 4) is 0 Å². The van der Waals surface area contributed by atoms with Gasteiger partial charge in [-0.15, -0.1) is 0 Å². The molecular formula is C20H34ClNO2S. The third kappa shape index (κ3) is 10.2. The Bertz CT molecular complexity index is 561. The van der Waals surface area contributed by atoms with E-state index in [-0.39, 0.29) is 9.92 Å². The highest BCUT2D eigenvalue weighted by molar-refractivity contribution is 7.89. The zero-order chi connectivity index (χ0) is 18.4. The zero-order valence-electron chi connectivity index (χ0n) is 15.6. The Morgan fingerprint density at radius 3 is 1.80 bits per heavy atom. The van der Waals surface area contributed by atoms with E-state index >= 15 is 0 Å². The van der Waals surface area contributed by atoms with E-state index in [2.05, 4.69) is 11.6 Å². The Morgan fingerprint density at radius 1 is 0.800 bits per heavy atom. The van der Waals surface area contributed by atoms with Gasteiger partial charge >= 0.3 is 0 Å². The number of halogens is 1. The molecule has 0 aromatic heterocycles. The zero-order valence-corrected chi connectivity index (χ0v) is 17.2. The standard InChI is InChI=1S/C20H34ClNO2S/c1-2-3-4-5-6-7-8-9-10-11-12-15-18-22-25(23,24)20-17-14-13-16-19(20)21/h13-14,16-17,22H,2-12,15,18H2,1H3. The van der Waals surface area contributed by atoms with Crippen LogP contribution in [0.2, 0.25) is 5.02 Å². The maximum absolute atomic E-state index is 12.2. The molecule has 0 unspecified atom stereocenters. The van der Waals surface area contributed by atoms with E-state index < -0.39 is 10.0 Å². The first-order valence-corrected chi connectivity index (χ1v) is 11.7. The van der Waals surface area contributed by atoms with Crippen LogP contribution in [0.25, 0.3) is 0 Å². The van der Waals surface area contributed by atoms with Crippen molar-refractivity contribution in [2.24, 2.45) is 0 Å². The maximum atomic E-state index is 12.2. The molecule has 0 aliphatic heterocycles. The molecule has 0 saturated carbocycles. The number of rotatable bonds is 15. The molecule has 1 aromatic rings. The minimum absolute atomic E-state index is 0.163. The highest BCUT2D eigenvalue weighted by Gasteiger charge is 2.16. The Kier molecular flexibility index (Phi) is 12.2. The van der Waals surface area contributed by atoms with Crippen LogP contribution in [0.4, 0.5) is 0 Å². The minimum atomic E-state index is -3.49. The van der Waals surface area contributed by atoms with Crippen molar-refractivity contribution in [3.05, 3.63) is 29.3 Å². The summed E-state index contributed by atoms with van der Waals surface area (Å²) in [5.74, 6) is 0. The molecule has 144 valence electrons. The van der Waals surface area contributed by atoms with Crippen molar-refractivity contribution >= 4 is 21.6 Å². The van der Waals surface area contributed by atoms with Crippen molar-refractivity contribution in [1.29, 1.82) is 0 Å². The first kappa shape index (κ1) is 22.5. The molecule has 1 rings (SSSR count). The van der Waals surface area contributed by atoms with Crippen LogP contribution >= 0.6 is 11.6 Å². The Balaban J connectivity index is 1.99. The fourth-order valence-electron chi connectivity index (χ4n) is 2.91. The number of nitrogens with one attached hydrogen (secondary N) is 1. The van der Waals surface area contributed by atoms with Crippen molar-refractivity contribution < 1.29 is 8.42 Å². The van der Waals surface area contributed by atoms with Gasteiger partial charge in [-0.05, 0) is 18.6 Å². The first-order valence-electron chi connectivity index (χ1n) is 9.82. The second-order valence-corrected chi connectivity index (χ2v) is 8.86. The molecule has 5 heteroatoms. The van der Waals surface area contributed by atoms with Crippen LogP contribution in [-0.4, -0.2) is 15.0 Å². The molecule has 0 aliphatic carbocycles. The lowest BCUT2D eigenvalue weighted by atomic mass is 10.1. The summed E-state index contributed by atoms with van der Waals surface area (Å²) in [6, 6.07) is 6.55. The molecule has 3 nitrogen and oxygen atoms in total. The Labute approximate surface area is 159 Å². The molecule has 0 amide bonds. The van der Waals surface area contributed by atoms with Gasteiger partial charge in [0, 0.05) is 6.54 Å². The van der Waals surface area contributed by atoms with E-state index in [9.17, 15) is 8.42 Å². The predicted octanol–water partition coefficient (Wildman–Crippen LogP) is 6.32. The summed E-state index contributed by atoms with van der Waals surface area (Å²) in [7, 11) is -3.49. The molecule has 0 aliphatic rings. The predicted molar refractivity (Wildman–Crippen MR) is 108 cm³/mol. The average molecular weight is 388 g/mol. The van der Waals surface area contributed by atoms with Gasteiger partial charge in [0.15, 0.2) is 0 Å². The van der Waals surface area contributed by atoms with Gasteiger partial charge in [0.25, 0.3) is 0 Å². The van der Waals surface area contributed by atoms with Crippen molar-refractivity contribution in [2.75, 3.05) is 6.54 Å². The Hall–Kier alpha value is -0.580. The van der Waals surface area contributed by atoms with Gasteiger partial charge in [-0.2, -0.15) is 0 Å². The van der Waals surface area contributed by atoms with Crippen molar-refractivity contribution in [1.82, 2.24) is 4.72 Å². The van der Waals surface area contributed by atoms with Crippen LogP contribution in [0, 0.1) is 0 Å². The number of hydrogen-bond acceptors (Lipinski definition) is 2. The van der Waals surface area contributed by atoms with Crippen LogP contribution in [0.1, 0.15) is 84.0 Å². The van der Waals surface area contributed by atoms with Crippen LogP contribution < -0.4 is 4.72 Å². The summed E-state index contributed by atoms with van der Waals surface area (Å²) >= 11 is 5.95. The van der Waals surface area contributed by atoms with Gasteiger partial charge in [0.1, 0.15) is 4.90 Å². The number of sulfonamides is 1. The third-order valence-electron chi connectivity index (χ3n) is 4.45. The molecule has 0 fully saturated rings. The van der Waals surface area contributed by atoms with Crippen LogP contribution in [0.5, 0.6) is 0 Å². The largest absolute Gasteiger partial charge is 0.242 e. The lowest BCUT2D eigenvalue weighted by molar-refractivity contribution is 0.540. The molecular weight excluding hydrogens is 354 g/mol. The highest BCUT2D eigenvalue weighted by atomic mass is 35.5. The molecule has 25 heavy (non-hydrogen) atoms. The normalized spacial score (nSPS) is 11.8. The summed E-state index contributed by atoms with van der Waals surface area (Å²) in [6.45, 7) is 2.73. The summed E-state index contributed by atoms with van der Waals surface area (Å²) in [5, 5.41) is 0.268. The van der Waals surface area contributed by atoms with Gasteiger partial charge in [0.2, 0.25) is 10.0 Å². The fourth-order valence-corrected chi connectivity index (χ4v) is 4.50. The maximum Gasteiger partial charge on any atom is 0.242 e. The molecule has 1 N–H and O–H groups in total. The smallest absolute Gasteiger partial charge is 0.211 e. The number of benzene rings is 1. The second kappa shape index (κ2) is 13.6. The fraction of sp³-hybridized carbons (Fsp3) is 0.700. The van der Waals surface area contributed by atoms with Gasteiger partial charge in [-0.25, -0.2) is 13.1 Å². The number of unbranched alkanes of at least 4 members (excludes halogenated alkanes) is 11. The first-order chi connectivity index (χ1) is 12.1.